The van der Waals surface area contributed by atoms with E-state index in [4.69, 9.17) is 10.5 Å². The number of benzene rings is 1. The van der Waals surface area contributed by atoms with Crippen molar-refractivity contribution in [3.63, 3.8) is 0 Å². The van der Waals surface area contributed by atoms with Crippen LogP contribution in [0.3, 0.4) is 0 Å². The predicted molar refractivity (Wildman–Crippen MR) is 111 cm³/mol. The van der Waals surface area contributed by atoms with E-state index in [-0.39, 0.29) is 36.9 Å². The summed E-state index contributed by atoms with van der Waals surface area (Å²) in [5.74, 6) is 0.722. The summed E-state index contributed by atoms with van der Waals surface area (Å²) >= 11 is 0. The van der Waals surface area contributed by atoms with E-state index in [9.17, 15) is 4.79 Å². The molecular formula is C19H24Cl2N4O2. The van der Waals surface area contributed by atoms with Crippen LogP contribution in [0.4, 0.5) is 5.82 Å². The van der Waals surface area contributed by atoms with Gasteiger partial charge in [-0.1, -0.05) is 24.3 Å². The van der Waals surface area contributed by atoms with Crippen molar-refractivity contribution in [2.45, 2.75) is 25.9 Å². The van der Waals surface area contributed by atoms with Gasteiger partial charge >= 0.3 is 5.97 Å². The highest BCUT2D eigenvalue weighted by atomic mass is 35.5. The molecular weight excluding hydrogens is 387 g/mol. The van der Waals surface area contributed by atoms with Crippen LogP contribution in [0.1, 0.15) is 28.2 Å². The molecule has 27 heavy (non-hydrogen) atoms. The predicted octanol–water partition coefficient (Wildman–Crippen LogP) is 2.90. The Balaban J connectivity index is 0.00000182. The molecule has 2 aromatic rings. The summed E-state index contributed by atoms with van der Waals surface area (Å²) in [5.41, 5.74) is 8.44. The minimum Gasteiger partial charge on any atom is -0.454 e. The van der Waals surface area contributed by atoms with E-state index in [1.54, 1.807) is 25.3 Å². The minimum absolute atomic E-state index is 0. The first-order chi connectivity index (χ1) is 12.1. The second kappa shape index (κ2) is 10.9. The fourth-order valence-electron chi connectivity index (χ4n) is 2.82. The van der Waals surface area contributed by atoms with Crippen molar-refractivity contribution in [3.05, 3.63) is 65.1 Å². The van der Waals surface area contributed by atoms with Crippen LogP contribution in [0.25, 0.3) is 0 Å². The highest BCUT2D eigenvalue weighted by Gasteiger charge is 2.23. The normalized spacial score (nSPS) is 14.2. The van der Waals surface area contributed by atoms with Crippen LogP contribution in [0.15, 0.2) is 48.2 Å². The van der Waals surface area contributed by atoms with Crippen LogP contribution in [-0.4, -0.2) is 35.1 Å². The zero-order chi connectivity index (χ0) is 17.6. The van der Waals surface area contributed by atoms with Crippen molar-refractivity contribution in [1.29, 1.82) is 0 Å². The van der Waals surface area contributed by atoms with Crippen LogP contribution in [0.5, 0.6) is 0 Å². The van der Waals surface area contributed by atoms with Crippen LogP contribution >= 0.6 is 24.8 Å². The van der Waals surface area contributed by atoms with Gasteiger partial charge in [0.05, 0.1) is 5.56 Å². The summed E-state index contributed by atoms with van der Waals surface area (Å²) in [7, 11) is 0. The monoisotopic (exact) mass is 410 g/mol. The number of aromatic nitrogens is 2. The molecule has 8 heteroatoms. The van der Waals surface area contributed by atoms with Gasteiger partial charge in [-0.2, -0.15) is 0 Å². The molecule has 1 atom stereocenters. The molecule has 0 bridgehead atoms. The molecule has 0 spiro atoms. The maximum Gasteiger partial charge on any atom is 0.338 e. The smallest absolute Gasteiger partial charge is 0.338 e. The summed E-state index contributed by atoms with van der Waals surface area (Å²) in [6, 6.07) is 9.01. The number of nitrogen functional groups attached to an aromatic ring is 1. The number of esters is 1. The molecule has 0 aliphatic carbocycles. The molecule has 0 radical (unpaired) electrons. The first kappa shape index (κ1) is 22.9. The zero-order valence-corrected chi connectivity index (χ0v) is 16.7. The zero-order valence-electron chi connectivity index (χ0n) is 15.1. The molecule has 0 amide bonds. The third-order valence-electron chi connectivity index (χ3n) is 4.20. The van der Waals surface area contributed by atoms with E-state index < -0.39 is 0 Å². The second-order valence-electron chi connectivity index (χ2n) is 6.02. The van der Waals surface area contributed by atoms with Crippen molar-refractivity contribution < 1.29 is 9.53 Å². The van der Waals surface area contributed by atoms with Gasteiger partial charge in [0.15, 0.2) is 0 Å². The van der Waals surface area contributed by atoms with Crippen LogP contribution in [0, 0.1) is 6.92 Å². The lowest BCUT2D eigenvalue weighted by atomic mass is 9.97. The number of carbonyl (C=O) groups is 1. The Hall–Kier alpha value is -2.15. The molecule has 1 aromatic heterocycles. The molecule has 1 aliphatic heterocycles. The summed E-state index contributed by atoms with van der Waals surface area (Å²) in [4.78, 5) is 20.9. The number of aryl methyl sites for hydroxylation is 1. The van der Waals surface area contributed by atoms with Gasteiger partial charge in [-0.15, -0.1) is 24.8 Å². The highest BCUT2D eigenvalue weighted by Crippen LogP contribution is 2.21. The first-order valence-electron chi connectivity index (χ1n) is 8.37. The molecule has 146 valence electrons. The standard InChI is InChI=1S/C19H22N4O2.2ClH/c1-13-22-12-16(18(20)23-13)11-17(14-7-9-21-10-8-14)25-19(24)15-5-3-2-4-6-15;;/h2-7,12,17,21H,8-11H2,1H3,(H2,20,22,23);2*1H. The number of nitrogens with one attached hydrogen (secondary N) is 1. The average molecular weight is 411 g/mol. The van der Waals surface area contributed by atoms with Gasteiger partial charge in [0.1, 0.15) is 17.7 Å². The highest BCUT2D eigenvalue weighted by molar-refractivity contribution is 5.89. The Morgan fingerprint density at radius 3 is 2.67 bits per heavy atom. The summed E-state index contributed by atoms with van der Waals surface area (Å²) in [6.07, 6.45) is 4.72. The third-order valence-corrected chi connectivity index (χ3v) is 4.20. The third kappa shape index (κ3) is 6.20. The average Bonchev–Trinajstić information content (AvgIpc) is 2.64. The topological polar surface area (TPSA) is 90.1 Å². The molecule has 6 nitrogen and oxygen atoms in total. The molecule has 3 N–H and O–H groups in total. The SMILES string of the molecule is Cc1ncc(CC(OC(=O)c2ccccc2)C2=CCNCC2)c(N)n1.Cl.Cl. The summed E-state index contributed by atoms with van der Waals surface area (Å²) in [6.45, 7) is 3.43. The van der Waals surface area contributed by atoms with Gasteiger partial charge in [0.25, 0.3) is 0 Å². The Morgan fingerprint density at radius 2 is 2.04 bits per heavy atom. The van der Waals surface area contributed by atoms with E-state index in [1.807, 2.05) is 18.2 Å². The summed E-state index contributed by atoms with van der Waals surface area (Å²) < 4.78 is 5.82. The van der Waals surface area contributed by atoms with Crippen LogP contribution in [0.2, 0.25) is 0 Å². The number of nitrogens with two attached hydrogens (primary N) is 1. The van der Waals surface area contributed by atoms with Gasteiger partial charge in [-0.05, 0) is 37.6 Å². The Kier molecular flexibility index (Phi) is 9.21. The Labute approximate surface area is 171 Å². The number of anilines is 1. The fraction of sp³-hybridized carbons (Fsp3) is 0.316. The maximum absolute atomic E-state index is 12.5. The van der Waals surface area contributed by atoms with Gasteiger partial charge in [-0.25, -0.2) is 14.8 Å². The maximum atomic E-state index is 12.5. The van der Waals surface area contributed by atoms with E-state index in [0.29, 0.717) is 23.6 Å². The Morgan fingerprint density at radius 1 is 1.30 bits per heavy atom. The minimum atomic E-state index is -0.372. The summed E-state index contributed by atoms with van der Waals surface area (Å²) in [5, 5.41) is 3.27. The van der Waals surface area contributed by atoms with Crippen LogP contribution < -0.4 is 11.1 Å². The van der Waals surface area contributed by atoms with Crippen molar-refractivity contribution in [2.75, 3.05) is 18.8 Å². The molecule has 0 saturated heterocycles. The molecule has 1 unspecified atom stereocenters. The lowest BCUT2D eigenvalue weighted by Gasteiger charge is -2.24. The van der Waals surface area contributed by atoms with E-state index in [2.05, 4.69) is 21.4 Å². The van der Waals surface area contributed by atoms with Gasteiger partial charge in [0, 0.05) is 24.7 Å². The lowest BCUT2D eigenvalue weighted by molar-refractivity contribution is 0.0367. The molecule has 0 saturated carbocycles. The molecule has 3 rings (SSSR count). The largest absolute Gasteiger partial charge is 0.454 e. The molecule has 2 heterocycles. The molecule has 0 fully saturated rings. The van der Waals surface area contributed by atoms with Crippen molar-refractivity contribution in [1.82, 2.24) is 15.3 Å². The lowest BCUT2D eigenvalue weighted by Crippen LogP contribution is -2.30. The Bertz CT molecular complexity index is 785. The van der Waals surface area contributed by atoms with Crippen molar-refractivity contribution >= 4 is 36.6 Å². The van der Waals surface area contributed by atoms with E-state index in [0.717, 1.165) is 30.6 Å². The van der Waals surface area contributed by atoms with E-state index >= 15 is 0 Å². The number of ether oxygens (including phenoxy) is 1. The van der Waals surface area contributed by atoms with E-state index in [1.165, 1.54) is 0 Å². The number of rotatable bonds is 5. The van der Waals surface area contributed by atoms with Crippen LogP contribution in [-0.2, 0) is 11.2 Å². The number of hydrogen-bond acceptors (Lipinski definition) is 6. The van der Waals surface area contributed by atoms with Gasteiger partial charge in [0.2, 0.25) is 0 Å². The number of halogens is 2. The number of hydrogen-bond donors (Lipinski definition) is 2. The van der Waals surface area contributed by atoms with Crippen molar-refractivity contribution in [3.8, 4) is 0 Å². The van der Waals surface area contributed by atoms with Crippen molar-refractivity contribution in [2.24, 2.45) is 0 Å². The van der Waals surface area contributed by atoms with Gasteiger partial charge < -0.3 is 15.8 Å². The first-order valence-corrected chi connectivity index (χ1v) is 8.37. The second-order valence-corrected chi connectivity index (χ2v) is 6.02. The van der Waals surface area contributed by atoms with Gasteiger partial charge in [-0.3, -0.25) is 0 Å². The fourth-order valence-corrected chi connectivity index (χ4v) is 2.82. The molecule has 1 aromatic carbocycles. The number of carbonyl (C=O) groups excluding carboxylic acids is 1. The quantitative estimate of drug-likeness (QED) is 0.581. The number of nitrogens with zero attached hydrogens (tertiary/aromatic N) is 2. The molecule has 1 aliphatic rings.